The lowest BCUT2D eigenvalue weighted by molar-refractivity contribution is 0.483. The van der Waals surface area contributed by atoms with Crippen LogP contribution in [0.4, 0.5) is 17.5 Å². The summed E-state index contributed by atoms with van der Waals surface area (Å²) in [4.78, 5) is 20.7. The van der Waals surface area contributed by atoms with E-state index in [2.05, 4.69) is 80.6 Å². The molecule has 188 valence electrons. The van der Waals surface area contributed by atoms with E-state index in [9.17, 15) is 0 Å². The van der Waals surface area contributed by atoms with Crippen molar-refractivity contribution in [3.05, 3.63) is 60.7 Å². The zero-order valence-electron chi connectivity index (χ0n) is 21.6. The highest BCUT2D eigenvalue weighted by Gasteiger charge is 2.19. The predicted molar refractivity (Wildman–Crippen MR) is 148 cm³/mol. The fourth-order valence-corrected chi connectivity index (χ4v) is 5.27. The number of aryl methyl sites for hydroxylation is 1. The number of rotatable bonds is 5. The van der Waals surface area contributed by atoms with Crippen molar-refractivity contribution in [1.29, 1.82) is 0 Å². The summed E-state index contributed by atoms with van der Waals surface area (Å²) in [5.74, 6) is 1.90. The number of nitrogens with zero attached hydrogens (tertiary/aromatic N) is 7. The van der Waals surface area contributed by atoms with E-state index in [4.69, 9.17) is 4.98 Å². The van der Waals surface area contributed by atoms with E-state index >= 15 is 0 Å². The van der Waals surface area contributed by atoms with E-state index in [1.165, 1.54) is 5.69 Å². The number of nitrogens with one attached hydrogen (secondary N) is 2. The minimum atomic E-state index is 0.375. The molecule has 2 aromatic carbocycles. The summed E-state index contributed by atoms with van der Waals surface area (Å²) in [5.41, 5.74) is 5.88. The van der Waals surface area contributed by atoms with Crippen molar-refractivity contribution in [1.82, 2.24) is 35.0 Å². The van der Waals surface area contributed by atoms with Crippen LogP contribution in [0.25, 0.3) is 33.1 Å². The predicted octanol–water partition coefficient (Wildman–Crippen LogP) is 4.64. The molecule has 4 heterocycles. The van der Waals surface area contributed by atoms with Crippen LogP contribution in [0.3, 0.4) is 0 Å². The quantitative estimate of drug-likeness (QED) is 0.366. The Morgan fingerprint density at radius 1 is 1.00 bits per heavy atom. The Balaban J connectivity index is 1.29. The molecular formula is C28H31N9. The van der Waals surface area contributed by atoms with Gasteiger partial charge in [0, 0.05) is 66.6 Å². The molecule has 0 aliphatic carbocycles. The van der Waals surface area contributed by atoms with Crippen LogP contribution in [-0.2, 0) is 7.05 Å². The van der Waals surface area contributed by atoms with E-state index in [1.807, 2.05) is 29.9 Å². The lowest BCUT2D eigenvalue weighted by atomic mass is 10.0. The summed E-state index contributed by atoms with van der Waals surface area (Å²) in [7, 11) is 2.00. The van der Waals surface area contributed by atoms with Crippen LogP contribution >= 0.6 is 0 Å². The van der Waals surface area contributed by atoms with Crippen molar-refractivity contribution >= 4 is 39.3 Å². The van der Waals surface area contributed by atoms with Crippen molar-refractivity contribution in [2.75, 3.05) is 29.9 Å². The van der Waals surface area contributed by atoms with Crippen molar-refractivity contribution in [3.63, 3.8) is 0 Å². The van der Waals surface area contributed by atoms with Crippen LogP contribution in [0, 0.1) is 0 Å². The highest BCUT2D eigenvalue weighted by atomic mass is 15.3. The van der Waals surface area contributed by atoms with Crippen LogP contribution in [0.2, 0.25) is 0 Å². The standard InChI is InChI=1S/C28H31N9/c1-17(2)26-22-13-19(5-8-24(22)35-36(26)4)23-9-10-30-28(34-23)33-20-6-7-21-25(14-20)31-16-32-27(21)37-12-11-29-18(3)15-37/h5-10,13-14,16-18,29H,11-12,15H2,1-4H3,(H,30,33,34). The van der Waals surface area contributed by atoms with Gasteiger partial charge < -0.3 is 15.5 Å². The Morgan fingerprint density at radius 2 is 1.89 bits per heavy atom. The number of fused-ring (bicyclic) bond motifs is 2. The molecule has 1 atom stereocenters. The maximum Gasteiger partial charge on any atom is 0.227 e. The fourth-order valence-electron chi connectivity index (χ4n) is 5.27. The zero-order chi connectivity index (χ0) is 25.5. The molecule has 0 bridgehead atoms. The molecule has 0 radical (unpaired) electrons. The van der Waals surface area contributed by atoms with Crippen LogP contribution < -0.4 is 15.5 Å². The monoisotopic (exact) mass is 493 g/mol. The highest BCUT2D eigenvalue weighted by molar-refractivity contribution is 5.92. The molecule has 2 N–H and O–H groups in total. The fraction of sp³-hybridized carbons (Fsp3) is 0.321. The zero-order valence-corrected chi connectivity index (χ0v) is 21.6. The van der Waals surface area contributed by atoms with Gasteiger partial charge in [-0.15, -0.1) is 0 Å². The van der Waals surface area contributed by atoms with Crippen LogP contribution in [0.15, 0.2) is 55.0 Å². The second-order valence-electron chi connectivity index (χ2n) is 10.0. The average molecular weight is 494 g/mol. The van der Waals surface area contributed by atoms with Crippen molar-refractivity contribution in [2.45, 2.75) is 32.7 Å². The van der Waals surface area contributed by atoms with Gasteiger partial charge in [0.05, 0.1) is 16.7 Å². The molecule has 37 heavy (non-hydrogen) atoms. The Morgan fingerprint density at radius 3 is 2.73 bits per heavy atom. The van der Waals surface area contributed by atoms with Crippen molar-refractivity contribution in [2.24, 2.45) is 7.05 Å². The van der Waals surface area contributed by atoms with E-state index in [0.29, 0.717) is 17.9 Å². The lowest BCUT2D eigenvalue weighted by Crippen LogP contribution is -2.49. The van der Waals surface area contributed by atoms with Gasteiger partial charge >= 0.3 is 0 Å². The Bertz CT molecular complexity index is 1590. The third-order valence-corrected chi connectivity index (χ3v) is 6.92. The third kappa shape index (κ3) is 4.46. The molecule has 0 amide bonds. The number of aromatic nitrogens is 6. The molecule has 6 rings (SSSR count). The molecule has 1 aliphatic rings. The summed E-state index contributed by atoms with van der Waals surface area (Å²) >= 11 is 0. The van der Waals surface area contributed by atoms with E-state index in [-0.39, 0.29) is 0 Å². The Labute approximate surface area is 216 Å². The molecule has 9 heteroatoms. The van der Waals surface area contributed by atoms with Crippen molar-refractivity contribution < 1.29 is 0 Å². The van der Waals surface area contributed by atoms with Crippen LogP contribution in [0.1, 0.15) is 32.4 Å². The van der Waals surface area contributed by atoms with E-state index in [0.717, 1.165) is 64.2 Å². The first kappa shape index (κ1) is 23.3. The first-order chi connectivity index (χ1) is 18.0. The summed E-state index contributed by atoms with van der Waals surface area (Å²) in [5, 5.41) is 13.7. The summed E-state index contributed by atoms with van der Waals surface area (Å²) in [6, 6.07) is 14.8. The average Bonchev–Trinajstić information content (AvgIpc) is 3.23. The van der Waals surface area contributed by atoms with Gasteiger partial charge in [0.1, 0.15) is 12.1 Å². The molecule has 1 unspecified atom stereocenters. The molecule has 3 aromatic heterocycles. The van der Waals surface area contributed by atoms with E-state index in [1.54, 1.807) is 12.5 Å². The van der Waals surface area contributed by atoms with Gasteiger partial charge in [0.25, 0.3) is 0 Å². The molecule has 1 saturated heterocycles. The molecule has 1 aliphatic heterocycles. The Hall–Kier alpha value is -4.11. The number of hydrogen-bond acceptors (Lipinski definition) is 8. The van der Waals surface area contributed by atoms with Gasteiger partial charge in [-0.25, -0.2) is 19.9 Å². The SMILES string of the molecule is CC1CN(c2ncnc3cc(Nc4nccc(-c5ccc6nn(C)c(C(C)C)c6c5)n4)ccc23)CCN1. The molecule has 9 nitrogen and oxygen atoms in total. The number of anilines is 3. The minimum Gasteiger partial charge on any atom is -0.353 e. The summed E-state index contributed by atoms with van der Waals surface area (Å²) < 4.78 is 1.98. The molecule has 0 saturated carbocycles. The van der Waals surface area contributed by atoms with Gasteiger partial charge in [-0.2, -0.15) is 5.10 Å². The lowest BCUT2D eigenvalue weighted by Gasteiger charge is -2.33. The number of piperazine rings is 1. The smallest absolute Gasteiger partial charge is 0.227 e. The molecular weight excluding hydrogens is 462 g/mol. The normalized spacial score (nSPS) is 16.1. The van der Waals surface area contributed by atoms with Gasteiger partial charge in [-0.05, 0) is 49.2 Å². The first-order valence-electron chi connectivity index (χ1n) is 12.8. The summed E-state index contributed by atoms with van der Waals surface area (Å²) in [6.45, 7) is 9.39. The molecule has 0 spiro atoms. The van der Waals surface area contributed by atoms with Crippen molar-refractivity contribution in [3.8, 4) is 11.3 Å². The highest BCUT2D eigenvalue weighted by Crippen LogP contribution is 2.30. The topological polar surface area (TPSA) is 96.7 Å². The largest absolute Gasteiger partial charge is 0.353 e. The van der Waals surface area contributed by atoms with Gasteiger partial charge in [0.2, 0.25) is 5.95 Å². The maximum absolute atomic E-state index is 4.81. The number of benzene rings is 2. The molecule has 5 aromatic rings. The second kappa shape index (κ2) is 9.40. The second-order valence-corrected chi connectivity index (χ2v) is 10.0. The van der Waals surface area contributed by atoms with E-state index < -0.39 is 0 Å². The summed E-state index contributed by atoms with van der Waals surface area (Å²) in [6.07, 6.45) is 3.43. The molecule has 1 fully saturated rings. The van der Waals surface area contributed by atoms with Gasteiger partial charge in [-0.1, -0.05) is 19.9 Å². The van der Waals surface area contributed by atoms with Crippen LogP contribution in [0.5, 0.6) is 0 Å². The van der Waals surface area contributed by atoms with Gasteiger partial charge in [0.15, 0.2) is 0 Å². The van der Waals surface area contributed by atoms with Gasteiger partial charge in [-0.3, -0.25) is 4.68 Å². The number of hydrogen-bond donors (Lipinski definition) is 2. The van der Waals surface area contributed by atoms with Crippen LogP contribution in [-0.4, -0.2) is 55.4 Å². The maximum atomic E-state index is 4.81. The minimum absolute atomic E-state index is 0.375. The third-order valence-electron chi connectivity index (χ3n) is 6.92. The first-order valence-corrected chi connectivity index (χ1v) is 12.8. The Kier molecular flexibility index (Phi) is 5.92.